The predicted octanol–water partition coefficient (Wildman–Crippen LogP) is 4.32. The third-order valence-corrected chi connectivity index (χ3v) is 6.31. The van der Waals surface area contributed by atoms with Gasteiger partial charge in [0.25, 0.3) is 0 Å². The average Bonchev–Trinajstić information content (AvgIpc) is 3.07. The zero-order valence-electron chi connectivity index (χ0n) is 13.2. The van der Waals surface area contributed by atoms with Crippen molar-refractivity contribution >= 4 is 35.5 Å². The van der Waals surface area contributed by atoms with Crippen LogP contribution in [-0.4, -0.2) is 20.1 Å². The van der Waals surface area contributed by atoms with Gasteiger partial charge in [0.15, 0.2) is 0 Å². The van der Waals surface area contributed by atoms with E-state index in [9.17, 15) is 0 Å². The second kappa shape index (κ2) is 7.28. The molecule has 0 saturated heterocycles. The molecule has 0 unspecified atom stereocenters. The first kappa shape index (κ1) is 16.2. The third-order valence-electron chi connectivity index (χ3n) is 3.77. The number of benzene rings is 3. The molecule has 4 rings (SSSR count). The fraction of sp³-hybridized carbons (Fsp3) is 0. The Morgan fingerprint density at radius 1 is 0.720 bits per heavy atom. The van der Waals surface area contributed by atoms with Gasteiger partial charge in [0.1, 0.15) is 0 Å². The maximum absolute atomic E-state index is 6.03. The Kier molecular flexibility index (Phi) is 4.71. The van der Waals surface area contributed by atoms with Gasteiger partial charge in [-0.05, 0) is 0 Å². The zero-order valence-corrected chi connectivity index (χ0v) is 15.7. The van der Waals surface area contributed by atoms with E-state index in [2.05, 4.69) is 41.6 Å². The summed E-state index contributed by atoms with van der Waals surface area (Å²) in [6.07, 6.45) is 0. The molecule has 0 radical (unpaired) electrons. The van der Waals surface area contributed by atoms with Crippen molar-refractivity contribution in [3.8, 4) is 22.6 Å². The predicted molar refractivity (Wildman–Crippen MR) is 104 cm³/mol. The Labute approximate surface area is 157 Å². The van der Waals surface area contributed by atoms with Crippen molar-refractivity contribution in [1.82, 2.24) is 5.16 Å². The van der Waals surface area contributed by atoms with Crippen LogP contribution in [0.1, 0.15) is 0 Å². The molecule has 3 aromatic carbocycles. The summed E-state index contributed by atoms with van der Waals surface area (Å²) >= 11 is 6.11. The Morgan fingerprint density at radius 2 is 1.36 bits per heavy atom. The topological polar surface area (TPSA) is 26.0 Å². The fourth-order valence-corrected chi connectivity index (χ4v) is 4.83. The second-order valence-electron chi connectivity index (χ2n) is 5.48. The van der Waals surface area contributed by atoms with E-state index in [1.807, 2.05) is 48.5 Å². The van der Waals surface area contributed by atoms with Crippen molar-refractivity contribution in [3.05, 3.63) is 90.0 Å². The minimum absolute atomic E-state index is 0.0847. The number of aromatic nitrogens is 1. The molecule has 4 heteroatoms. The SMILES string of the molecule is Clc1ccc(-c2onc(-c3ccccc3)c2[Se]c2ccccc2)cc1. The van der Waals surface area contributed by atoms with Gasteiger partial charge in [0, 0.05) is 0 Å². The van der Waals surface area contributed by atoms with Crippen LogP contribution in [0.15, 0.2) is 89.5 Å². The third kappa shape index (κ3) is 3.54. The molecular formula is C21H14ClNOSe. The van der Waals surface area contributed by atoms with Crippen LogP contribution in [0.5, 0.6) is 0 Å². The molecule has 1 heterocycles. The molecule has 0 aliphatic heterocycles. The number of hydrogen-bond acceptors (Lipinski definition) is 2. The van der Waals surface area contributed by atoms with E-state index in [-0.39, 0.29) is 15.0 Å². The van der Waals surface area contributed by atoms with Gasteiger partial charge in [-0.25, -0.2) is 0 Å². The Bertz CT molecular complexity index is 966. The summed E-state index contributed by atoms with van der Waals surface area (Å²) in [5, 5.41) is 5.10. The summed E-state index contributed by atoms with van der Waals surface area (Å²) in [5.74, 6) is 0.819. The number of hydrogen-bond donors (Lipinski definition) is 0. The van der Waals surface area contributed by atoms with Gasteiger partial charge < -0.3 is 0 Å². The molecule has 122 valence electrons. The van der Waals surface area contributed by atoms with Gasteiger partial charge in [-0.2, -0.15) is 0 Å². The molecule has 0 bridgehead atoms. The van der Waals surface area contributed by atoms with E-state index in [0.29, 0.717) is 5.02 Å². The van der Waals surface area contributed by atoms with Gasteiger partial charge in [0.2, 0.25) is 0 Å². The fourth-order valence-electron chi connectivity index (χ4n) is 2.55. The first-order chi connectivity index (χ1) is 12.3. The number of rotatable bonds is 4. The first-order valence-electron chi connectivity index (χ1n) is 7.85. The van der Waals surface area contributed by atoms with Gasteiger partial charge >= 0.3 is 158 Å². The van der Waals surface area contributed by atoms with E-state index < -0.39 is 0 Å². The molecule has 0 spiro atoms. The molecule has 2 nitrogen and oxygen atoms in total. The summed E-state index contributed by atoms with van der Waals surface area (Å²) in [6.45, 7) is 0. The van der Waals surface area contributed by atoms with Crippen molar-refractivity contribution in [3.63, 3.8) is 0 Å². The van der Waals surface area contributed by atoms with Crippen molar-refractivity contribution < 1.29 is 4.52 Å². The van der Waals surface area contributed by atoms with E-state index in [0.717, 1.165) is 27.0 Å². The van der Waals surface area contributed by atoms with Crippen LogP contribution in [-0.2, 0) is 0 Å². The van der Waals surface area contributed by atoms with Gasteiger partial charge in [0.05, 0.1) is 0 Å². The van der Waals surface area contributed by atoms with Crippen molar-refractivity contribution in [2.45, 2.75) is 0 Å². The molecule has 1 aromatic heterocycles. The van der Waals surface area contributed by atoms with E-state index in [1.54, 1.807) is 0 Å². The van der Waals surface area contributed by atoms with Gasteiger partial charge in [-0.1, -0.05) is 0 Å². The van der Waals surface area contributed by atoms with Crippen LogP contribution >= 0.6 is 11.6 Å². The molecule has 0 aliphatic carbocycles. The molecule has 0 aliphatic rings. The molecule has 0 amide bonds. The maximum atomic E-state index is 6.03. The van der Waals surface area contributed by atoms with Gasteiger partial charge in [-0.15, -0.1) is 0 Å². The number of nitrogens with zero attached hydrogens (tertiary/aromatic N) is 1. The van der Waals surface area contributed by atoms with Crippen molar-refractivity contribution in [2.24, 2.45) is 0 Å². The van der Waals surface area contributed by atoms with Crippen molar-refractivity contribution in [2.75, 3.05) is 0 Å². The second-order valence-corrected chi connectivity index (χ2v) is 8.19. The summed E-state index contributed by atoms with van der Waals surface area (Å²) < 4.78 is 8.20. The van der Waals surface area contributed by atoms with Crippen LogP contribution in [0.3, 0.4) is 0 Å². The summed E-state index contributed by atoms with van der Waals surface area (Å²) in [4.78, 5) is 0. The molecule has 0 N–H and O–H groups in total. The van der Waals surface area contributed by atoms with E-state index >= 15 is 0 Å². The van der Waals surface area contributed by atoms with E-state index in [1.165, 1.54) is 4.46 Å². The summed E-state index contributed by atoms with van der Waals surface area (Å²) in [5.41, 5.74) is 2.97. The quantitative estimate of drug-likeness (QED) is 0.468. The zero-order chi connectivity index (χ0) is 17.1. The summed E-state index contributed by atoms with van der Waals surface area (Å²) in [7, 11) is 0. The normalized spacial score (nSPS) is 10.8. The molecule has 25 heavy (non-hydrogen) atoms. The standard InChI is InChI=1S/C21H14ClNOSe/c22-17-13-11-16(12-14-17)20-21(25-18-9-5-2-6-10-18)19(23-24-20)15-7-3-1-4-8-15/h1-14H. The minimum atomic E-state index is 0.0847. The van der Waals surface area contributed by atoms with Crippen LogP contribution in [0, 0.1) is 0 Å². The van der Waals surface area contributed by atoms with Crippen LogP contribution < -0.4 is 8.92 Å². The molecule has 4 aromatic rings. The van der Waals surface area contributed by atoms with Crippen LogP contribution in [0.25, 0.3) is 22.6 Å². The van der Waals surface area contributed by atoms with E-state index in [4.69, 9.17) is 16.1 Å². The Hall–Kier alpha value is -2.32. The Morgan fingerprint density at radius 3 is 2.04 bits per heavy atom. The average molecular weight is 411 g/mol. The molecule has 0 saturated carbocycles. The van der Waals surface area contributed by atoms with Crippen molar-refractivity contribution in [1.29, 1.82) is 0 Å². The summed E-state index contributed by atoms with van der Waals surface area (Å²) in [6, 6.07) is 28.3. The van der Waals surface area contributed by atoms with Crippen LogP contribution in [0.4, 0.5) is 0 Å². The monoisotopic (exact) mass is 411 g/mol. The molecule has 0 fully saturated rings. The number of halogens is 1. The van der Waals surface area contributed by atoms with Crippen LogP contribution in [0.2, 0.25) is 5.02 Å². The molecule has 0 atom stereocenters. The molecular weight excluding hydrogens is 397 g/mol. The first-order valence-corrected chi connectivity index (χ1v) is 9.94. The Balaban J connectivity index is 1.84. The van der Waals surface area contributed by atoms with Gasteiger partial charge in [-0.3, -0.25) is 0 Å².